The van der Waals surface area contributed by atoms with Gasteiger partial charge in [-0.15, -0.1) is 0 Å². The van der Waals surface area contributed by atoms with E-state index in [9.17, 15) is 13.2 Å². The van der Waals surface area contributed by atoms with E-state index in [4.69, 9.17) is 0 Å². The van der Waals surface area contributed by atoms with Crippen molar-refractivity contribution in [3.8, 4) is 0 Å². The molecule has 0 unspecified atom stereocenters. The zero-order valence-electron chi connectivity index (χ0n) is 8.38. The fourth-order valence-electron chi connectivity index (χ4n) is 2.18. The van der Waals surface area contributed by atoms with E-state index in [0.29, 0.717) is 11.0 Å². The summed E-state index contributed by atoms with van der Waals surface area (Å²) in [5, 5.41) is 0. The minimum atomic E-state index is -4.28. The predicted molar refractivity (Wildman–Crippen MR) is 53.1 cm³/mol. The summed E-state index contributed by atoms with van der Waals surface area (Å²) in [6.45, 7) is 0.771. The number of benzene rings is 1. The van der Waals surface area contributed by atoms with Crippen LogP contribution in [-0.2, 0) is 19.1 Å². The molecule has 0 aliphatic carbocycles. The average Bonchev–Trinajstić information content (AvgIpc) is 2.74. The van der Waals surface area contributed by atoms with E-state index in [1.165, 1.54) is 12.1 Å². The topological polar surface area (TPSA) is 17.8 Å². The first-order valence-corrected chi connectivity index (χ1v) is 5.12. The zero-order chi connectivity index (χ0) is 11.3. The van der Waals surface area contributed by atoms with Gasteiger partial charge >= 0.3 is 6.18 Å². The van der Waals surface area contributed by atoms with Crippen molar-refractivity contribution in [1.82, 2.24) is 9.55 Å². The third kappa shape index (κ3) is 1.31. The summed E-state index contributed by atoms with van der Waals surface area (Å²) in [6.07, 6.45) is -2.46. The molecule has 1 aromatic carbocycles. The van der Waals surface area contributed by atoms with Gasteiger partial charge in [-0.05, 0) is 24.6 Å². The van der Waals surface area contributed by atoms with Crippen LogP contribution in [0.2, 0.25) is 0 Å². The maximum absolute atomic E-state index is 12.5. The van der Waals surface area contributed by atoms with E-state index in [2.05, 4.69) is 4.98 Å². The second kappa shape index (κ2) is 2.99. The van der Waals surface area contributed by atoms with Crippen molar-refractivity contribution in [2.45, 2.75) is 25.6 Å². The summed E-state index contributed by atoms with van der Waals surface area (Å²) in [5.74, 6) is 0.898. The van der Waals surface area contributed by atoms with Crippen LogP contribution < -0.4 is 0 Å². The molecule has 0 bridgehead atoms. The maximum atomic E-state index is 12.5. The Kier molecular flexibility index (Phi) is 1.81. The SMILES string of the molecule is FC(F)(F)c1ccc2nc3n(c2c1)CCC3. The molecule has 0 atom stereocenters. The van der Waals surface area contributed by atoms with Crippen LogP contribution in [0.4, 0.5) is 13.2 Å². The van der Waals surface area contributed by atoms with Crippen LogP contribution in [0.5, 0.6) is 0 Å². The van der Waals surface area contributed by atoms with Crippen LogP contribution in [0.1, 0.15) is 17.8 Å². The molecule has 0 spiro atoms. The van der Waals surface area contributed by atoms with Gasteiger partial charge in [0.25, 0.3) is 0 Å². The number of alkyl halides is 3. The number of rotatable bonds is 0. The Bertz CT molecular complexity index is 554. The average molecular weight is 226 g/mol. The summed E-state index contributed by atoms with van der Waals surface area (Å²) in [7, 11) is 0. The monoisotopic (exact) mass is 226 g/mol. The number of hydrogen-bond acceptors (Lipinski definition) is 1. The first kappa shape index (κ1) is 9.69. The van der Waals surface area contributed by atoms with Crippen LogP contribution in [0.25, 0.3) is 11.0 Å². The van der Waals surface area contributed by atoms with Gasteiger partial charge in [-0.25, -0.2) is 4.98 Å². The molecule has 0 fully saturated rings. The molecule has 1 aliphatic rings. The minimum absolute atomic E-state index is 0.599. The fraction of sp³-hybridized carbons (Fsp3) is 0.364. The molecule has 0 radical (unpaired) electrons. The highest BCUT2D eigenvalue weighted by molar-refractivity contribution is 5.77. The van der Waals surface area contributed by atoms with Gasteiger partial charge < -0.3 is 4.57 Å². The molecule has 5 heteroatoms. The van der Waals surface area contributed by atoms with Gasteiger partial charge in [-0.3, -0.25) is 0 Å². The maximum Gasteiger partial charge on any atom is 0.416 e. The van der Waals surface area contributed by atoms with Crippen molar-refractivity contribution in [3.63, 3.8) is 0 Å². The van der Waals surface area contributed by atoms with Gasteiger partial charge in [0.15, 0.2) is 0 Å². The van der Waals surface area contributed by atoms with Gasteiger partial charge in [-0.2, -0.15) is 13.2 Å². The van der Waals surface area contributed by atoms with Gasteiger partial charge in [0.05, 0.1) is 16.6 Å². The molecule has 3 rings (SSSR count). The van der Waals surface area contributed by atoms with E-state index in [1.54, 1.807) is 0 Å². The smallest absolute Gasteiger partial charge is 0.328 e. The van der Waals surface area contributed by atoms with E-state index < -0.39 is 11.7 Å². The summed E-state index contributed by atoms with van der Waals surface area (Å²) < 4.78 is 39.5. The number of halogens is 3. The molecule has 1 aromatic heterocycles. The first-order chi connectivity index (χ1) is 7.55. The van der Waals surface area contributed by atoms with Crippen LogP contribution in [0.3, 0.4) is 0 Å². The Morgan fingerprint density at radius 3 is 2.81 bits per heavy atom. The molecule has 16 heavy (non-hydrogen) atoms. The lowest BCUT2D eigenvalue weighted by Gasteiger charge is -2.06. The fourth-order valence-corrected chi connectivity index (χ4v) is 2.18. The lowest BCUT2D eigenvalue weighted by Crippen LogP contribution is -2.04. The molecular formula is C11H9F3N2. The van der Waals surface area contributed by atoms with Gasteiger partial charge in [-0.1, -0.05) is 0 Å². The van der Waals surface area contributed by atoms with E-state index >= 15 is 0 Å². The highest BCUT2D eigenvalue weighted by Crippen LogP contribution is 2.32. The molecule has 0 saturated carbocycles. The van der Waals surface area contributed by atoms with E-state index in [1.807, 2.05) is 4.57 Å². The largest absolute Gasteiger partial charge is 0.416 e. The van der Waals surface area contributed by atoms with E-state index in [-0.39, 0.29) is 0 Å². The van der Waals surface area contributed by atoms with Gasteiger partial charge in [0.2, 0.25) is 0 Å². The second-order valence-electron chi connectivity index (χ2n) is 3.98. The molecule has 0 saturated heterocycles. The Balaban J connectivity index is 2.24. The normalized spacial score (nSPS) is 15.7. The molecule has 2 heterocycles. The van der Waals surface area contributed by atoms with Crippen LogP contribution in [0, 0.1) is 0 Å². The zero-order valence-corrected chi connectivity index (χ0v) is 8.38. The summed E-state index contributed by atoms with van der Waals surface area (Å²) in [6, 6.07) is 3.73. The predicted octanol–water partition coefficient (Wildman–Crippen LogP) is 3.00. The van der Waals surface area contributed by atoms with Gasteiger partial charge in [0, 0.05) is 13.0 Å². The van der Waals surface area contributed by atoms with Crippen molar-refractivity contribution in [2.75, 3.05) is 0 Å². The standard InChI is InChI=1S/C11H9F3N2/c12-11(13,14)7-3-4-8-9(6-7)16-5-1-2-10(16)15-8/h3-4,6H,1-2,5H2. The van der Waals surface area contributed by atoms with Crippen molar-refractivity contribution >= 4 is 11.0 Å². The number of aromatic nitrogens is 2. The minimum Gasteiger partial charge on any atom is -0.328 e. The van der Waals surface area contributed by atoms with Gasteiger partial charge in [0.1, 0.15) is 5.82 Å². The Hall–Kier alpha value is -1.52. The van der Waals surface area contributed by atoms with Crippen LogP contribution in [0.15, 0.2) is 18.2 Å². The number of aryl methyl sites for hydroxylation is 2. The number of nitrogens with zero attached hydrogens (tertiary/aromatic N) is 2. The van der Waals surface area contributed by atoms with Crippen LogP contribution >= 0.6 is 0 Å². The lowest BCUT2D eigenvalue weighted by atomic mass is 10.2. The number of hydrogen-bond donors (Lipinski definition) is 0. The Labute approximate surface area is 89.7 Å². The quantitative estimate of drug-likeness (QED) is 0.675. The molecule has 84 valence electrons. The Morgan fingerprint density at radius 1 is 1.25 bits per heavy atom. The second-order valence-corrected chi connectivity index (χ2v) is 3.98. The molecule has 2 aromatic rings. The van der Waals surface area contributed by atoms with Crippen molar-refractivity contribution < 1.29 is 13.2 Å². The third-order valence-electron chi connectivity index (χ3n) is 2.94. The lowest BCUT2D eigenvalue weighted by molar-refractivity contribution is -0.137. The highest BCUT2D eigenvalue weighted by atomic mass is 19.4. The van der Waals surface area contributed by atoms with E-state index in [0.717, 1.165) is 31.3 Å². The molecule has 2 nitrogen and oxygen atoms in total. The van der Waals surface area contributed by atoms with Crippen molar-refractivity contribution in [3.05, 3.63) is 29.6 Å². The highest BCUT2D eigenvalue weighted by Gasteiger charge is 2.31. The molecule has 0 amide bonds. The van der Waals surface area contributed by atoms with Crippen molar-refractivity contribution in [1.29, 1.82) is 0 Å². The third-order valence-corrected chi connectivity index (χ3v) is 2.94. The summed E-state index contributed by atoms with van der Waals surface area (Å²) in [5.41, 5.74) is 0.652. The summed E-state index contributed by atoms with van der Waals surface area (Å²) in [4.78, 5) is 4.31. The molecule has 0 N–H and O–H groups in total. The summed E-state index contributed by atoms with van der Waals surface area (Å²) >= 11 is 0. The molecular weight excluding hydrogens is 217 g/mol. The molecule has 1 aliphatic heterocycles. The Morgan fingerprint density at radius 2 is 2.06 bits per heavy atom. The number of fused-ring (bicyclic) bond motifs is 3. The van der Waals surface area contributed by atoms with Crippen LogP contribution in [-0.4, -0.2) is 9.55 Å². The van der Waals surface area contributed by atoms with Crippen molar-refractivity contribution in [2.24, 2.45) is 0 Å². The first-order valence-electron chi connectivity index (χ1n) is 5.12. The number of imidazole rings is 1.